The molecule has 0 saturated heterocycles. The van der Waals surface area contributed by atoms with Crippen LogP contribution in [0.5, 0.6) is 5.75 Å². The highest BCUT2D eigenvalue weighted by molar-refractivity contribution is 5.97. The van der Waals surface area contributed by atoms with Crippen LogP contribution in [0.15, 0.2) is 103 Å². The summed E-state index contributed by atoms with van der Waals surface area (Å²) < 4.78 is 10.9. The minimum Gasteiger partial charge on any atom is -0.496 e. The summed E-state index contributed by atoms with van der Waals surface area (Å²) in [6.07, 6.45) is 0. The van der Waals surface area contributed by atoms with Crippen molar-refractivity contribution in [2.45, 2.75) is 12.6 Å². The predicted molar refractivity (Wildman–Crippen MR) is 119 cm³/mol. The van der Waals surface area contributed by atoms with Crippen molar-refractivity contribution in [1.29, 1.82) is 0 Å². The number of carbonyl (C=O) groups is 2. The molecule has 3 aromatic carbocycles. The highest BCUT2D eigenvalue weighted by Crippen LogP contribution is 2.30. The molecular formula is C26H23NO4. The summed E-state index contributed by atoms with van der Waals surface area (Å²) in [7, 11) is 1.53. The van der Waals surface area contributed by atoms with Crippen LogP contribution in [0.25, 0.3) is 0 Å². The summed E-state index contributed by atoms with van der Waals surface area (Å²) in [5.74, 6) is -0.451. The van der Waals surface area contributed by atoms with E-state index >= 15 is 0 Å². The van der Waals surface area contributed by atoms with Gasteiger partial charge in [-0.05, 0) is 23.8 Å². The average molecular weight is 413 g/mol. The Labute approximate surface area is 181 Å². The van der Waals surface area contributed by atoms with Crippen LogP contribution in [0, 0.1) is 0 Å². The molecule has 5 heteroatoms. The van der Waals surface area contributed by atoms with Gasteiger partial charge < -0.3 is 14.8 Å². The van der Waals surface area contributed by atoms with Crippen molar-refractivity contribution in [2.24, 2.45) is 0 Å². The molecule has 3 rings (SSSR count). The summed E-state index contributed by atoms with van der Waals surface area (Å²) in [5, 5.41) is 2.90. The van der Waals surface area contributed by atoms with E-state index in [4.69, 9.17) is 9.47 Å². The van der Waals surface area contributed by atoms with Crippen LogP contribution < -0.4 is 10.1 Å². The third kappa shape index (κ3) is 5.50. The molecule has 0 aliphatic heterocycles. The number of carbonyl (C=O) groups excluding carboxylic acids is 2. The number of hydrogen-bond acceptors (Lipinski definition) is 4. The van der Waals surface area contributed by atoms with Crippen LogP contribution >= 0.6 is 0 Å². The molecule has 0 saturated carbocycles. The fourth-order valence-corrected chi connectivity index (χ4v) is 3.11. The average Bonchev–Trinajstić information content (AvgIpc) is 2.83. The molecule has 0 heterocycles. The zero-order valence-electron chi connectivity index (χ0n) is 17.2. The van der Waals surface area contributed by atoms with E-state index in [9.17, 15) is 9.59 Å². The van der Waals surface area contributed by atoms with Gasteiger partial charge in [0.25, 0.3) is 5.91 Å². The third-order valence-electron chi connectivity index (χ3n) is 4.67. The summed E-state index contributed by atoms with van der Waals surface area (Å²) in [4.78, 5) is 25.8. The first-order valence-corrected chi connectivity index (χ1v) is 9.74. The second-order valence-electron chi connectivity index (χ2n) is 6.67. The summed E-state index contributed by atoms with van der Waals surface area (Å²) in [6, 6.07) is 24.4. The highest BCUT2D eigenvalue weighted by atomic mass is 16.5. The van der Waals surface area contributed by atoms with E-state index in [1.54, 1.807) is 42.5 Å². The zero-order chi connectivity index (χ0) is 22.1. The van der Waals surface area contributed by atoms with Gasteiger partial charge in [-0.3, -0.25) is 4.79 Å². The predicted octanol–water partition coefficient (Wildman–Crippen LogP) is 4.62. The Bertz CT molecular complexity index is 1090. The third-order valence-corrected chi connectivity index (χ3v) is 4.67. The van der Waals surface area contributed by atoms with E-state index in [1.807, 2.05) is 42.5 Å². The Morgan fingerprint density at radius 1 is 0.935 bits per heavy atom. The van der Waals surface area contributed by atoms with Crippen molar-refractivity contribution in [1.82, 2.24) is 5.32 Å². The van der Waals surface area contributed by atoms with E-state index in [1.165, 1.54) is 7.11 Å². The molecule has 0 fully saturated rings. The van der Waals surface area contributed by atoms with Gasteiger partial charge in [0.15, 0.2) is 0 Å². The number of nitrogens with one attached hydrogen (secondary N) is 1. The smallest absolute Gasteiger partial charge is 0.344 e. The number of esters is 1. The number of rotatable bonds is 8. The molecule has 0 spiro atoms. The lowest BCUT2D eigenvalue weighted by Crippen LogP contribution is -2.32. The van der Waals surface area contributed by atoms with Gasteiger partial charge in [0.05, 0.1) is 13.2 Å². The normalized spacial score (nSPS) is 11.0. The number of para-hydroxylation sites is 1. The molecule has 156 valence electrons. The van der Waals surface area contributed by atoms with Crippen LogP contribution in [0.2, 0.25) is 0 Å². The summed E-state index contributed by atoms with van der Waals surface area (Å²) in [5.41, 5.74) is 4.66. The zero-order valence-corrected chi connectivity index (χ0v) is 17.2. The maximum absolute atomic E-state index is 12.9. The minimum absolute atomic E-state index is 0.0877. The molecule has 0 aromatic heterocycles. The first-order valence-electron chi connectivity index (χ1n) is 9.74. The van der Waals surface area contributed by atoms with E-state index in [0.717, 1.165) is 5.56 Å². The quantitative estimate of drug-likeness (QED) is 0.332. The lowest BCUT2D eigenvalue weighted by Gasteiger charge is -2.22. The standard InChI is InChI=1S/C26H23NO4/c1-3-21(26(29)31-18-19-12-6-4-7-13-19)24(22-16-10-11-17-23(22)30-2)27-25(28)20-14-8-5-9-15-20/h4-17,24H,1,18H2,2H3,(H,27,28)/t24-/m0/s1. The van der Waals surface area contributed by atoms with Gasteiger partial charge in [0.1, 0.15) is 17.9 Å². The minimum atomic E-state index is -0.857. The van der Waals surface area contributed by atoms with Gasteiger partial charge in [0.2, 0.25) is 0 Å². The molecule has 31 heavy (non-hydrogen) atoms. The molecule has 1 amide bonds. The second-order valence-corrected chi connectivity index (χ2v) is 6.67. The number of hydrogen-bond donors (Lipinski definition) is 1. The Kier molecular flexibility index (Phi) is 7.41. The van der Waals surface area contributed by atoms with E-state index < -0.39 is 12.0 Å². The molecule has 1 atom stereocenters. The Morgan fingerprint density at radius 3 is 2.19 bits per heavy atom. The van der Waals surface area contributed by atoms with Gasteiger partial charge in [-0.15, -0.1) is 5.73 Å². The topological polar surface area (TPSA) is 64.6 Å². The molecule has 3 aromatic rings. The number of amides is 1. The van der Waals surface area contributed by atoms with Gasteiger partial charge >= 0.3 is 5.97 Å². The second kappa shape index (κ2) is 10.6. The molecule has 0 unspecified atom stereocenters. The SMILES string of the molecule is C=C=C(C(=O)OCc1ccccc1)[C@H](NC(=O)c1ccccc1)c1ccccc1OC. The lowest BCUT2D eigenvalue weighted by molar-refractivity contribution is -0.140. The van der Waals surface area contributed by atoms with Gasteiger partial charge in [-0.2, -0.15) is 0 Å². The highest BCUT2D eigenvalue weighted by Gasteiger charge is 2.28. The van der Waals surface area contributed by atoms with Crippen LogP contribution in [-0.2, 0) is 16.1 Å². The van der Waals surface area contributed by atoms with Crippen molar-refractivity contribution >= 4 is 11.9 Å². The molecular weight excluding hydrogens is 390 g/mol. The van der Waals surface area contributed by atoms with Crippen LogP contribution in [-0.4, -0.2) is 19.0 Å². The fraction of sp³-hybridized carbons (Fsp3) is 0.115. The van der Waals surface area contributed by atoms with Gasteiger partial charge in [0, 0.05) is 11.1 Å². The van der Waals surface area contributed by atoms with Crippen molar-refractivity contribution in [3.63, 3.8) is 0 Å². The monoisotopic (exact) mass is 413 g/mol. The molecule has 0 aliphatic carbocycles. The van der Waals surface area contributed by atoms with Crippen molar-refractivity contribution in [2.75, 3.05) is 7.11 Å². The summed E-state index contributed by atoms with van der Waals surface area (Å²) in [6.45, 7) is 3.76. The van der Waals surface area contributed by atoms with Crippen LogP contribution in [0.4, 0.5) is 0 Å². The van der Waals surface area contributed by atoms with Crippen molar-refractivity contribution in [3.8, 4) is 5.75 Å². The molecule has 1 N–H and O–H groups in total. The molecule has 0 bridgehead atoms. The first kappa shape index (κ1) is 21.6. The van der Waals surface area contributed by atoms with Crippen LogP contribution in [0.3, 0.4) is 0 Å². The fourth-order valence-electron chi connectivity index (χ4n) is 3.11. The van der Waals surface area contributed by atoms with Crippen molar-refractivity contribution in [3.05, 3.63) is 120 Å². The lowest BCUT2D eigenvalue weighted by atomic mass is 9.97. The Hall–Kier alpha value is -4.08. The Balaban J connectivity index is 1.90. The van der Waals surface area contributed by atoms with Crippen LogP contribution in [0.1, 0.15) is 27.5 Å². The number of benzene rings is 3. The number of ether oxygens (including phenoxy) is 2. The van der Waals surface area contributed by atoms with Gasteiger partial charge in [-0.1, -0.05) is 73.3 Å². The maximum Gasteiger partial charge on any atom is 0.344 e. The number of methoxy groups -OCH3 is 1. The van der Waals surface area contributed by atoms with Crippen molar-refractivity contribution < 1.29 is 19.1 Å². The Morgan fingerprint density at radius 2 is 1.55 bits per heavy atom. The van der Waals surface area contributed by atoms with E-state index in [-0.39, 0.29) is 18.1 Å². The van der Waals surface area contributed by atoms with E-state index in [0.29, 0.717) is 16.9 Å². The van der Waals surface area contributed by atoms with E-state index in [2.05, 4.69) is 17.6 Å². The molecule has 0 radical (unpaired) electrons. The summed E-state index contributed by atoms with van der Waals surface area (Å²) >= 11 is 0. The molecule has 0 aliphatic rings. The maximum atomic E-state index is 12.9. The van der Waals surface area contributed by atoms with Gasteiger partial charge in [-0.25, -0.2) is 4.79 Å². The largest absolute Gasteiger partial charge is 0.496 e. The molecule has 5 nitrogen and oxygen atoms in total. The first-order chi connectivity index (χ1) is 15.1.